The van der Waals surface area contributed by atoms with Crippen molar-refractivity contribution in [2.45, 2.75) is 6.10 Å². The van der Waals surface area contributed by atoms with Gasteiger partial charge in [-0.05, 0) is 6.07 Å². The Bertz CT molecular complexity index is 504. The van der Waals surface area contributed by atoms with Gasteiger partial charge < -0.3 is 14.9 Å². The highest BCUT2D eigenvalue weighted by Crippen LogP contribution is 2.41. The minimum Gasteiger partial charge on any atom is -0.508 e. The lowest BCUT2D eigenvalue weighted by molar-refractivity contribution is 0.415. The smallest absolute Gasteiger partial charge is 0.271 e. The van der Waals surface area contributed by atoms with Crippen LogP contribution >= 0.6 is 11.3 Å². The first-order chi connectivity index (χ1) is 6.74. The van der Waals surface area contributed by atoms with Crippen LogP contribution in [0.4, 0.5) is 0 Å². The molecule has 2 heterocycles. The molecule has 0 spiro atoms. The molecule has 1 aliphatic rings. The summed E-state index contributed by atoms with van der Waals surface area (Å²) in [5, 5.41) is 18.7. The molecule has 1 saturated heterocycles. The van der Waals surface area contributed by atoms with E-state index in [1.54, 1.807) is 6.07 Å². The summed E-state index contributed by atoms with van der Waals surface area (Å²) in [5.41, 5.74) is 1.54. The molecule has 0 saturated carbocycles. The summed E-state index contributed by atoms with van der Waals surface area (Å²) in [6, 6.07) is 3.20. The Morgan fingerprint density at radius 3 is 2.93 bits per heavy atom. The Morgan fingerprint density at radius 2 is 2.21 bits per heavy atom. The van der Waals surface area contributed by atoms with E-state index in [9.17, 15) is 10.2 Å². The summed E-state index contributed by atoms with van der Waals surface area (Å²) in [4.78, 5) is 3.90. The van der Waals surface area contributed by atoms with E-state index in [-0.39, 0.29) is 17.0 Å². The van der Waals surface area contributed by atoms with Crippen LogP contribution in [0.3, 0.4) is 0 Å². The van der Waals surface area contributed by atoms with Crippen molar-refractivity contribution in [3.05, 3.63) is 17.7 Å². The van der Waals surface area contributed by atoms with Crippen LogP contribution in [0, 0.1) is 0 Å². The van der Waals surface area contributed by atoms with Crippen molar-refractivity contribution >= 4 is 21.6 Å². The summed E-state index contributed by atoms with van der Waals surface area (Å²) in [6.07, 6.45) is 0.0597. The largest absolute Gasteiger partial charge is 0.508 e. The number of fused-ring (bicyclic) bond motifs is 1. The highest BCUT2D eigenvalue weighted by Gasteiger charge is 2.28. The number of ether oxygens (including phenoxy) is 1. The predicted octanol–water partition coefficient (Wildman–Crippen LogP) is 1.78. The topological polar surface area (TPSA) is 65.9 Å². The lowest BCUT2D eigenvalue weighted by Crippen LogP contribution is -1.81. The van der Waals surface area contributed by atoms with Crippen LogP contribution in [-0.2, 0) is 4.74 Å². The molecule has 2 N–H and O–H groups in total. The van der Waals surface area contributed by atoms with Gasteiger partial charge in [-0.2, -0.15) is 0 Å². The number of epoxide rings is 1. The van der Waals surface area contributed by atoms with E-state index in [0.29, 0.717) is 12.1 Å². The maximum atomic E-state index is 9.42. The van der Waals surface area contributed by atoms with Crippen LogP contribution in [0.5, 0.6) is 10.9 Å². The zero-order valence-corrected chi connectivity index (χ0v) is 7.91. The van der Waals surface area contributed by atoms with Gasteiger partial charge in [0.1, 0.15) is 11.9 Å². The van der Waals surface area contributed by atoms with Crippen molar-refractivity contribution < 1.29 is 14.9 Å². The van der Waals surface area contributed by atoms with E-state index >= 15 is 0 Å². The molecule has 1 aromatic carbocycles. The number of nitrogens with zero attached hydrogens (tertiary/aromatic N) is 1. The molecular weight excluding hydrogens is 202 g/mol. The number of hydrogen-bond donors (Lipinski definition) is 2. The molecule has 1 aromatic heterocycles. The molecule has 4 nitrogen and oxygen atoms in total. The highest BCUT2D eigenvalue weighted by molar-refractivity contribution is 7.20. The first kappa shape index (κ1) is 8.02. The van der Waals surface area contributed by atoms with E-state index in [1.807, 2.05) is 0 Å². The fourth-order valence-electron chi connectivity index (χ4n) is 1.50. The zero-order chi connectivity index (χ0) is 9.71. The maximum Gasteiger partial charge on any atom is 0.271 e. The van der Waals surface area contributed by atoms with Gasteiger partial charge in [0, 0.05) is 11.6 Å². The normalized spacial score (nSPS) is 20.1. The van der Waals surface area contributed by atoms with Gasteiger partial charge in [0.05, 0.1) is 16.8 Å². The fourth-order valence-corrected chi connectivity index (χ4v) is 2.34. The number of rotatable bonds is 1. The summed E-state index contributed by atoms with van der Waals surface area (Å²) in [7, 11) is 0. The molecule has 1 unspecified atom stereocenters. The van der Waals surface area contributed by atoms with Crippen LogP contribution < -0.4 is 0 Å². The van der Waals surface area contributed by atoms with Gasteiger partial charge in [0.2, 0.25) is 0 Å². The van der Waals surface area contributed by atoms with Gasteiger partial charge in [0.25, 0.3) is 5.19 Å². The molecule has 1 atom stereocenters. The molecule has 0 bridgehead atoms. The Kier molecular flexibility index (Phi) is 1.48. The summed E-state index contributed by atoms with van der Waals surface area (Å²) in [6.45, 7) is 0.678. The van der Waals surface area contributed by atoms with Crippen molar-refractivity contribution in [1.82, 2.24) is 4.98 Å². The Morgan fingerprint density at radius 1 is 1.43 bits per heavy atom. The number of aromatic hydroxyl groups is 2. The van der Waals surface area contributed by atoms with Crippen molar-refractivity contribution in [2.75, 3.05) is 6.61 Å². The minimum atomic E-state index is 0.0208. The maximum absolute atomic E-state index is 9.42. The second kappa shape index (κ2) is 2.59. The third kappa shape index (κ3) is 1.13. The molecular formula is C9H7NO3S. The molecule has 72 valence electrons. The fraction of sp³-hybridized carbons (Fsp3) is 0.222. The SMILES string of the molecule is Oc1cc(C2CO2)c2sc(O)nc2c1. The van der Waals surface area contributed by atoms with Gasteiger partial charge >= 0.3 is 0 Å². The standard InChI is InChI=1S/C9H7NO3S/c11-4-1-5(7-3-13-7)8-6(2-4)10-9(12)14-8/h1-2,7,11H,3H2,(H,10,12). The zero-order valence-electron chi connectivity index (χ0n) is 7.10. The van der Waals surface area contributed by atoms with Crippen LogP contribution in [0.25, 0.3) is 10.2 Å². The van der Waals surface area contributed by atoms with Gasteiger partial charge in [-0.1, -0.05) is 11.3 Å². The van der Waals surface area contributed by atoms with E-state index in [1.165, 1.54) is 17.4 Å². The quantitative estimate of drug-likeness (QED) is 0.702. The van der Waals surface area contributed by atoms with Crippen molar-refractivity contribution in [1.29, 1.82) is 0 Å². The molecule has 14 heavy (non-hydrogen) atoms. The average molecular weight is 209 g/mol. The Hall–Kier alpha value is -1.33. The van der Waals surface area contributed by atoms with E-state index < -0.39 is 0 Å². The predicted molar refractivity (Wildman–Crippen MR) is 51.6 cm³/mol. The van der Waals surface area contributed by atoms with E-state index in [2.05, 4.69) is 4.98 Å². The number of thiazole rings is 1. The number of benzene rings is 1. The third-order valence-corrected chi connectivity index (χ3v) is 3.10. The molecule has 1 aliphatic heterocycles. The van der Waals surface area contributed by atoms with Crippen molar-refractivity contribution in [3.8, 4) is 10.9 Å². The minimum absolute atomic E-state index is 0.0208. The number of aromatic nitrogens is 1. The Balaban J connectivity index is 2.33. The number of hydrogen-bond acceptors (Lipinski definition) is 5. The average Bonchev–Trinajstić information content (AvgIpc) is 2.87. The second-order valence-corrected chi connectivity index (χ2v) is 4.18. The van der Waals surface area contributed by atoms with Gasteiger partial charge in [0.15, 0.2) is 0 Å². The third-order valence-electron chi connectivity index (χ3n) is 2.17. The number of phenols is 1. The Labute approximate surface area is 83.4 Å². The van der Waals surface area contributed by atoms with Gasteiger partial charge in [-0.25, -0.2) is 4.98 Å². The van der Waals surface area contributed by atoms with Crippen LogP contribution in [0.2, 0.25) is 0 Å². The lowest BCUT2D eigenvalue weighted by Gasteiger charge is -1.98. The first-order valence-electron chi connectivity index (χ1n) is 4.18. The van der Waals surface area contributed by atoms with Gasteiger partial charge in [-0.15, -0.1) is 0 Å². The summed E-state index contributed by atoms with van der Waals surface area (Å²) >= 11 is 1.21. The molecule has 0 amide bonds. The van der Waals surface area contributed by atoms with E-state index in [4.69, 9.17) is 4.74 Å². The van der Waals surface area contributed by atoms with Crippen molar-refractivity contribution in [2.24, 2.45) is 0 Å². The first-order valence-corrected chi connectivity index (χ1v) is 5.00. The molecule has 1 fully saturated rings. The number of phenolic OH excluding ortho intramolecular Hbond substituents is 1. The van der Waals surface area contributed by atoms with Crippen LogP contribution in [0.1, 0.15) is 11.7 Å². The second-order valence-electron chi connectivity index (χ2n) is 3.20. The lowest BCUT2D eigenvalue weighted by atomic mass is 10.1. The molecule has 3 rings (SSSR count). The summed E-state index contributed by atoms with van der Waals surface area (Å²) < 4.78 is 6.04. The van der Waals surface area contributed by atoms with Gasteiger partial charge in [-0.3, -0.25) is 0 Å². The van der Waals surface area contributed by atoms with E-state index in [0.717, 1.165) is 10.3 Å². The van der Waals surface area contributed by atoms with Crippen molar-refractivity contribution in [3.63, 3.8) is 0 Å². The highest BCUT2D eigenvalue weighted by atomic mass is 32.1. The monoisotopic (exact) mass is 209 g/mol. The molecule has 2 aromatic rings. The van der Waals surface area contributed by atoms with Crippen LogP contribution in [-0.4, -0.2) is 21.8 Å². The molecule has 5 heteroatoms. The molecule has 0 radical (unpaired) electrons. The molecule has 0 aliphatic carbocycles. The van der Waals surface area contributed by atoms with Crippen LogP contribution in [0.15, 0.2) is 12.1 Å². The summed E-state index contributed by atoms with van der Waals surface area (Å²) in [5.74, 6) is 0.160.